The Morgan fingerprint density at radius 2 is 1.65 bits per heavy atom. The summed E-state index contributed by atoms with van der Waals surface area (Å²) in [6, 6.07) is 7.72. The van der Waals surface area contributed by atoms with Gasteiger partial charge >= 0.3 is 140 Å². The zero-order valence-electron chi connectivity index (χ0n) is 14.2. The van der Waals surface area contributed by atoms with Gasteiger partial charge in [0, 0.05) is 0 Å². The van der Waals surface area contributed by atoms with E-state index in [-0.39, 0.29) is 6.04 Å². The summed E-state index contributed by atoms with van der Waals surface area (Å²) >= 11 is -1.92. The van der Waals surface area contributed by atoms with Gasteiger partial charge in [0.1, 0.15) is 0 Å². The number of hydrogen-bond acceptors (Lipinski definition) is 1. The van der Waals surface area contributed by atoms with Gasteiger partial charge in [0.25, 0.3) is 0 Å². The Balaban J connectivity index is 2.39. The van der Waals surface area contributed by atoms with E-state index in [0.29, 0.717) is 5.82 Å². The third kappa shape index (κ3) is 4.75. The van der Waals surface area contributed by atoms with Gasteiger partial charge in [0.05, 0.1) is 0 Å². The Morgan fingerprint density at radius 3 is 2.09 bits per heavy atom. The molecule has 0 aliphatic carbocycles. The number of aromatic nitrogens is 2. The first kappa shape index (κ1) is 18.4. The molecule has 0 spiro atoms. The Morgan fingerprint density at radius 1 is 1.09 bits per heavy atom. The first-order valence-corrected chi connectivity index (χ1v) is 18.3. The van der Waals surface area contributed by atoms with Crippen molar-refractivity contribution >= 4 is 18.4 Å². The van der Waals surface area contributed by atoms with E-state index in [0.717, 1.165) is 16.2 Å². The second-order valence-corrected chi connectivity index (χ2v) is 23.0. The van der Waals surface area contributed by atoms with Crippen LogP contribution in [-0.2, 0) is 10.6 Å². The van der Waals surface area contributed by atoms with E-state index in [4.69, 9.17) is 0 Å². The Bertz CT molecular complexity index is 665. The fourth-order valence-corrected chi connectivity index (χ4v) is 6.69. The molecule has 0 bridgehead atoms. The molecule has 0 fully saturated rings. The number of nitrogens with zero attached hydrogens (tertiary/aromatic N) is 2. The van der Waals surface area contributed by atoms with E-state index in [2.05, 4.69) is 19.8 Å². The molecule has 0 aliphatic rings. The zero-order valence-corrected chi connectivity index (χ0v) is 17.1. The summed E-state index contributed by atoms with van der Waals surface area (Å²) in [6.45, 7) is 3.71. The van der Waals surface area contributed by atoms with Gasteiger partial charge in [-0.1, -0.05) is 0 Å². The van der Waals surface area contributed by atoms with Gasteiger partial charge in [-0.2, -0.15) is 0 Å². The number of benzene rings is 1. The van der Waals surface area contributed by atoms with E-state index < -0.39 is 30.2 Å². The number of imidazole rings is 1. The van der Waals surface area contributed by atoms with E-state index in [1.165, 1.54) is 5.56 Å². The van der Waals surface area contributed by atoms with Crippen molar-refractivity contribution in [3.8, 4) is 11.4 Å². The standard InChI is InChI=1S/C14H14F3N2.3CH3.Sn/c1-9(2)19-8-12(14(15,16)17)18-13(19)11-6-4-10(3)5-7-11;;;;/h4-9H,3H2,1-2H3;3*1H3;. The predicted molar refractivity (Wildman–Crippen MR) is 90.1 cm³/mol. The third-order valence-electron chi connectivity index (χ3n) is 3.53. The van der Waals surface area contributed by atoms with Crippen LogP contribution < -0.4 is 0 Å². The maximum absolute atomic E-state index is 12.9. The van der Waals surface area contributed by atoms with Gasteiger partial charge < -0.3 is 0 Å². The average molecular weight is 431 g/mol. The average Bonchev–Trinajstić information content (AvgIpc) is 2.82. The van der Waals surface area contributed by atoms with Gasteiger partial charge in [-0.25, -0.2) is 0 Å². The fourth-order valence-electron chi connectivity index (χ4n) is 2.52. The van der Waals surface area contributed by atoms with Crippen LogP contribution in [-0.4, -0.2) is 27.9 Å². The number of halogens is 3. The van der Waals surface area contributed by atoms with E-state index >= 15 is 0 Å². The normalized spacial score (nSPS) is 12.9. The summed E-state index contributed by atoms with van der Waals surface area (Å²) in [6.07, 6.45) is -3.32. The first-order valence-electron chi connectivity index (χ1n) is 7.73. The van der Waals surface area contributed by atoms with Crippen LogP contribution in [0, 0.1) is 0 Å². The molecule has 0 saturated heterocycles. The Hall–Kier alpha value is -0.981. The molecule has 23 heavy (non-hydrogen) atoms. The van der Waals surface area contributed by atoms with Crippen LogP contribution >= 0.6 is 0 Å². The Kier molecular flexibility index (Phi) is 5.18. The second kappa shape index (κ2) is 6.49. The van der Waals surface area contributed by atoms with Crippen molar-refractivity contribution in [1.29, 1.82) is 0 Å². The van der Waals surface area contributed by atoms with E-state index in [9.17, 15) is 13.2 Å². The maximum atomic E-state index is 12.9. The molecule has 6 heteroatoms. The van der Waals surface area contributed by atoms with Gasteiger partial charge in [-0.3, -0.25) is 0 Å². The summed E-state index contributed by atoms with van der Waals surface area (Å²) < 4.78 is 41.5. The molecule has 126 valence electrons. The quantitative estimate of drug-likeness (QED) is 0.579. The monoisotopic (exact) mass is 432 g/mol. The summed E-state index contributed by atoms with van der Waals surface area (Å²) in [5, 5.41) is 0. The molecule has 0 aliphatic heterocycles. The molecule has 0 unspecified atom stereocenters. The molecule has 1 aromatic heterocycles. The molecule has 2 nitrogen and oxygen atoms in total. The van der Waals surface area contributed by atoms with Crippen LogP contribution in [0.5, 0.6) is 0 Å². The SMILES string of the molecule is CC(C)n1cc(C(F)(F)F)nc1-c1ccc([CH2][Sn]([CH3])([CH3])[CH3])cc1. The third-order valence-corrected chi connectivity index (χ3v) is 7.72. The van der Waals surface area contributed by atoms with Crippen LogP contribution in [0.15, 0.2) is 30.5 Å². The second-order valence-electron chi connectivity index (χ2n) is 7.38. The van der Waals surface area contributed by atoms with Crippen molar-refractivity contribution in [3.05, 3.63) is 41.7 Å². The molecule has 1 aromatic carbocycles. The van der Waals surface area contributed by atoms with Crippen LogP contribution in [0.25, 0.3) is 11.4 Å². The van der Waals surface area contributed by atoms with Gasteiger partial charge in [0.15, 0.2) is 0 Å². The van der Waals surface area contributed by atoms with E-state index in [1.54, 1.807) is 4.57 Å². The Labute approximate surface area is 139 Å². The van der Waals surface area contributed by atoms with Crippen molar-refractivity contribution in [3.63, 3.8) is 0 Å². The van der Waals surface area contributed by atoms with Crippen molar-refractivity contribution in [2.45, 2.75) is 45.3 Å². The summed E-state index contributed by atoms with van der Waals surface area (Å²) in [4.78, 5) is 10.9. The molecule has 0 N–H and O–H groups in total. The van der Waals surface area contributed by atoms with Crippen LogP contribution in [0.2, 0.25) is 14.8 Å². The molecule has 0 atom stereocenters. The summed E-state index contributed by atoms with van der Waals surface area (Å²) in [7, 11) is 0. The molecule has 1 heterocycles. The van der Waals surface area contributed by atoms with Crippen LogP contribution in [0.1, 0.15) is 31.1 Å². The van der Waals surface area contributed by atoms with Crippen LogP contribution in [0.4, 0.5) is 13.2 Å². The minimum absolute atomic E-state index is 0.0842. The first-order chi connectivity index (χ1) is 10.5. The van der Waals surface area contributed by atoms with Crippen LogP contribution in [0.3, 0.4) is 0 Å². The van der Waals surface area contributed by atoms with Crippen molar-refractivity contribution in [2.24, 2.45) is 0 Å². The number of alkyl halides is 3. The molecule has 2 aromatic rings. The predicted octanol–water partition coefficient (Wildman–Crippen LogP) is 5.57. The molecular weight excluding hydrogens is 408 g/mol. The molecule has 0 saturated carbocycles. The minimum atomic E-state index is -4.42. The zero-order chi connectivity index (χ0) is 17.4. The fraction of sp³-hybridized carbons (Fsp3) is 0.471. The van der Waals surface area contributed by atoms with Gasteiger partial charge in [0.2, 0.25) is 0 Å². The van der Waals surface area contributed by atoms with Gasteiger partial charge in [-0.15, -0.1) is 0 Å². The van der Waals surface area contributed by atoms with Crippen molar-refractivity contribution < 1.29 is 13.2 Å². The summed E-state index contributed by atoms with van der Waals surface area (Å²) in [5.74, 6) is 0.373. The molecule has 0 amide bonds. The van der Waals surface area contributed by atoms with Gasteiger partial charge in [-0.05, 0) is 0 Å². The topological polar surface area (TPSA) is 17.8 Å². The summed E-state index contributed by atoms with van der Waals surface area (Å²) in [5.41, 5.74) is 1.15. The van der Waals surface area contributed by atoms with Crippen molar-refractivity contribution in [1.82, 2.24) is 9.55 Å². The number of rotatable bonds is 4. The number of hydrogen-bond donors (Lipinski definition) is 0. The van der Waals surface area contributed by atoms with Crippen molar-refractivity contribution in [2.75, 3.05) is 0 Å². The molecule has 0 radical (unpaired) electrons. The van der Waals surface area contributed by atoms with E-state index in [1.807, 2.05) is 38.1 Å². The molecular formula is C17H23F3N2Sn. The molecule has 2 rings (SSSR count).